The number of aliphatic carboxylic acids is 1. The van der Waals surface area contributed by atoms with Crippen LogP contribution in [0.4, 0.5) is 0 Å². The van der Waals surface area contributed by atoms with Gasteiger partial charge in [0.05, 0.1) is 6.10 Å². The summed E-state index contributed by atoms with van der Waals surface area (Å²) in [6, 6.07) is 1.78. The van der Waals surface area contributed by atoms with Crippen LogP contribution in [0, 0.1) is 0 Å². The van der Waals surface area contributed by atoms with E-state index < -0.39 is 12.1 Å². The van der Waals surface area contributed by atoms with Crippen molar-refractivity contribution in [3.05, 3.63) is 22.4 Å². The number of amides is 1. The van der Waals surface area contributed by atoms with Crippen molar-refractivity contribution in [2.75, 3.05) is 6.54 Å². The molecule has 2 heterocycles. The molecule has 2 N–H and O–H groups in total. The Morgan fingerprint density at radius 3 is 2.90 bits per heavy atom. The molecule has 1 amide bonds. The minimum Gasteiger partial charge on any atom is -0.479 e. The minimum atomic E-state index is -0.940. The average Bonchev–Trinajstić information content (AvgIpc) is 3.03. The number of carbonyl (C=O) groups excluding carboxylic acids is 1. The molecule has 0 spiro atoms. The van der Waals surface area contributed by atoms with E-state index in [1.165, 1.54) is 0 Å². The fourth-order valence-electron chi connectivity index (χ4n) is 2.43. The first-order valence-corrected chi connectivity index (χ1v) is 7.82. The van der Waals surface area contributed by atoms with Crippen LogP contribution in [0.2, 0.25) is 0 Å². The summed E-state index contributed by atoms with van der Waals surface area (Å²) in [7, 11) is 0. The van der Waals surface area contributed by atoms with Gasteiger partial charge in [-0.05, 0) is 41.3 Å². The molecule has 0 aliphatic carbocycles. The second-order valence-electron chi connectivity index (χ2n) is 5.11. The second kappa shape index (κ2) is 7.09. The van der Waals surface area contributed by atoms with E-state index in [0.717, 1.165) is 17.4 Å². The molecule has 7 heteroatoms. The van der Waals surface area contributed by atoms with Crippen LogP contribution in [0.15, 0.2) is 16.7 Å². The van der Waals surface area contributed by atoms with Crippen molar-refractivity contribution in [1.29, 1.82) is 0 Å². The van der Waals surface area contributed by atoms with Gasteiger partial charge in [0.25, 0.3) is 5.91 Å². The maximum absolute atomic E-state index is 12.2. The summed E-state index contributed by atoms with van der Waals surface area (Å²) in [6.07, 6.45) is 2.99. The Labute approximate surface area is 131 Å². The lowest BCUT2D eigenvalue weighted by Gasteiger charge is -2.13. The van der Waals surface area contributed by atoms with Gasteiger partial charge in [0.15, 0.2) is 6.10 Å². The molecule has 1 aromatic heterocycles. The third-order valence-electron chi connectivity index (χ3n) is 3.43. The molecule has 1 aliphatic heterocycles. The summed E-state index contributed by atoms with van der Waals surface area (Å²) in [5.41, 5.74) is 0.594. The number of carboxylic acids is 1. The first-order valence-electron chi connectivity index (χ1n) is 7.03. The van der Waals surface area contributed by atoms with Crippen molar-refractivity contribution in [2.24, 2.45) is 0 Å². The van der Waals surface area contributed by atoms with E-state index >= 15 is 0 Å². The van der Waals surface area contributed by atoms with E-state index in [9.17, 15) is 9.59 Å². The smallest absolute Gasteiger partial charge is 0.332 e. The van der Waals surface area contributed by atoms with Gasteiger partial charge in [-0.1, -0.05) is 6.92 Å². The Hall–Kier alpha value is -1.34. The van der Waals surface area contributed by atoms with Crippen molar-refractivity contribution >= 4 is 27.8 Å². The van der Waals surface area contributed by atoms with Gasteiger partial charge < -0.3 is 19.7 Å². The number of rotatable bonds is 6. The zero-order chi connectivity index (χ0) is 15.4. The van der Waals surface area contributed by atoms with Crippen LogP contribution in [-0.4, -0.2) is 40.3 Å². The molecule has 2 rings (SSSR count). The third kappa shape index (κ3) is 4.07. The Bertz CT molecular complexity index is 529. The SMILES string of the molecule is CCCn1cc(Br)cc1C(=O)NCC1CCC(C(=O)O)O1. The van der Waals surface area contributed by atoms with Gasteiger partial charge in [-0.2, -0.15) is 0 Å². The van der Waals surface area contributed by atoms with Gasteiger partial charge in [0, 0.05) is 23.8 Å². The van der Waals surface area contributed by atoms with Crippen LogP contribution in [0.5, 0.6) is 0 Å². The van der Waals surface area contributed by atoms with Crippen molar-refractivity contribution in [3.63, 3.8) is 0 Å². The Morgan fingerprint density at radius 1 is 1.52 bits per heavy atom. The van der Waals surface area contributed by atoms with E-state index in [0.29, 0.717) is 25.1 Å². The number of halogens is 1. The number of hydrogen-bond acceptors (Lipinski definition) is 3. The minimum absolute atomic E-state index is 0.170. The molecule has 2 unspecified atom stereocenters. The highest BCUT2D eigenvalue weighted by molar-refractivity contribution is 9.10. The number of nitrogens with zero attached hydrogens (tertiary/aromatic N) is 1. The number of carbonyl (C=O) groups is 2. The lowest BCUT2D eigenvalue weighted by molar-refractivity contribution is -0.149. The first kappa shape index (κ1) is 16.0. The van der Waals surface area contributed by atoms with Gasteiger partial charge in [0.1, 0.15) is 5.69 Å². The van der Waals surface area contributed by atoms with Crippen molar-refractivity contribution in [3.8, 4) is 0 Å². The highest BCUT2D eigenvalue weighted by Gasteiger charge is 2.30. The van der Waals surface area contributed by atoms with Crippen LogP contribution in [0.25, 0.3) is 0 Å². The monoisotopic (exact) mass is 358 g/mol. The van der Waals surface area contributed by atoms with Gasteiger partial charge >= 0.3 is 5.97 Å². The number of ether oxygens (including phenoxy) is 1. The van der Waals surface area contributed by atoms with Gasteiger partial charge in [-0.3, -0.25) is 4.79 Å². The predicted octanol–water partition coefficient (Wildman–Crippen LogP) is 2.02. The molecule has 0 aromatic carbocycles. The summed E-state index contributed by atoms with van der Waals surface area (Å²) < 4.78 is 8.12. The second-order valence-corrected chi connectivity index (χ2v) is 6.02. The fraction of sp³-hybridized carbons (Fsp3) is 0.571. The van der Waals surface area contributed by atoms with Gasteiger partial charge in [-0.15, -0.1) is 0 Å². The quantitative estimate of drug-likeness (QED) is 0.815. The Balaban J connectivity index is 1.89. The van der Waals surface area contributed by atoms with Gasteiger partial charge in [-0.25, -0.2) is 4.79 Å². The standard InChI is InChI=1S/C14H19BrN2O4/c1-2-5-17-8-9(15)6-11(17)13(18)16-7-10-3-4-12(21-10)14(19)20/h6,8,10,12H,2-5,7H2,1H3,(H,16,18)(H,19,20). The predicted molar refractivity (Wildman–Crippen MR) is 80.3 cm³/mol. The molecule has 1 aromatic rings. The van der Waals surface area contributed by atoms with Crippen LogP contribution in [0.1, 0.15) is 36.7 Å². The van der Waals surface area contributed by atoms with Crippen molar-refractivity contribution in [1.82, 2.24) is 9.88 Å². The maximum atomic E-state index is 12.2. The summed E-state index contributed by atoms with van der Waals surface area (Å²) in [5.74, 6) is -1.11. The fourth-order valence-corrected chi connectivity index (χ4v) is 2.89. The van der Waals surface area contributed by atoms with E-state index in [2.05, 4.69) is 21.2 Å². The third-order valence-corrected chi connectivity index (χ3v) is 3.87. The summed E-state index contributed by atoms with van der Waals surface area (Å²) in [6.45, 7) is 3.15. The maximum Gasteiger partial charge on any atom is 0.332 e. The summed E-state index contributed by atoms with van der Waals surface area (Å²) in [5, 5.41) is 11.7. The van der Waals surface area contributed by atoms with Crippen molar-refractivity contribution < 1.29 is 19.4 Å². The molecule has 0 radical (unpaired) electrons. The number of hydrogen-bond donors (Lipinski definition) is 2. The topological polar surface area (TPSA) is 80.6 Å². The number of aryl methyl sites for hydroxylation is 1. The Morgan fingerprint density at radius 2 is 2.29 bits per heavy atom. The molecular weight excluding hydrogens is 340 g/mol. The van der Waals surface area contributed by atoms with Crippen molar-refractivity contribution in [2.45, 2.75) is 44.9 Å². The highest BCUT2D eigenvalue weighted by Crippen LogP contribution is 2.20. The number of aromatic nitrogens is 1. The van der Waals surface area contributed by atoms with Crippen LogP contribution in [0.3, 0.4) is 0 Å². The summed E-state index contributed by atoms with van der Waals surface area (Å²) in [4.78, 5) is 23.0. The Kier molecular flexibility index (Phi) is 5.41. The van der Waals surface area contributed by atoms with Crippen LogP contribution >= 0.6 is 15.9 Å². The number of carboxylic acid groups (broad SMARTS) is 1. The average molecular weight is 359 g/mol. The van der Waals surface area contributed by atoms with E-state index in [-0.39, 0.29) is 12.0 Å². The molecular formula is C14H19BrN2O4. The van der Waals surface area contributed by atoms with E-state index in [1.807, 2.05) is 17.7 Å². The molecule has 1 saturated heterocycles. The lowest BCUT2D eigenvalue weighted by Crippen LogP contribution is -2.34. The molecule has 0 saturated carbocycles. The zero-order valence-electron chi connectivity index (χ0n) is 11.8. The zero-order valence-corrected chi connectivity index (χ0v) is 13.4. The highest BCUT2D eigenvalue weighted by atomic mass is 79.9. The van der Waals surface area contributed by atoms with Gasteiger partial charge in [0.2, 0.25) is 0 Å². The molecule has 0 bridgehead atoms. The van der Waals surface area contributed by atoms with Crippen LogP contribution in [-0.2, 0) is 16.1 Å². The molecule has 2 atom stereocenters. The molecule has 116 valence electrons. The lowest BCUT2D eigenvalue weighted by atomic mass is 10.2. The number of nitrogens with one attached hydrogen (secondary N) is 1. The molecule has 1 aliphatic rings. The largest absolute Gasteiger partial charge is 0.479 e. The van der Waals surface area contributed by atoms with E-state index in [1.54, 1.807) is 6.07 Å². The normalized spacial score (nSPS) is 21.4. The van der Waals surface area contributed by atoms with Crippen LogP contribution < -0.4 is 5.32 Å². The molecule has 1 fully saturated rings. The molecule has 21 heavy (non-hydrogen) atoms. The molecule has 6 nitrogen and oxygen atoms in total. The van der Waals surface area contributed by atoms with E-state index in [4.69, 9.17) is 9.84 Å². The summed E-state index contributed by atoms with van der Waals surface area (Å²) >= 11 is 3.37. The first-order chi connectivity index (χ1) is 10.0.